The van der Waals surface area contributed by atoms with E-state index in [-0.39, 0.29) is 0 Å². The molecule has 19 heavy (non-hydrogen) atoms. The van der Waals surface area contributed by atoms with E-state index >= 15 is 0 Å². The molecular weight excluding hydrogens is 236 g/mol. The van der Waals surface area contributed by atoms with Crippen molar-refractivity contribution in [3.05, 3.63) is 16.8 Å². The van der Waals surface area contributed by atoms with Crippen molar-refractivity contribution in [1.82, 2.24) is 10.2 Å². The van der Waals surface area contributed by atoms with Crippen LogP contribution in [0.4, 0.5) is 5.82 Å². The lowest BCUT2D eigenvalue weighted by Crippen LogP contribution is -2.27. The normalized spacial score (nSPS) is 19.6. The van der Waals surface area contributed by atoms with Gasteiger partial charge in [-0.2, -0.15) is 10.4 Å². The van der Waals surface area contributed by atoms with Crippen LogP contribution >= 0.6 is 0 Å². The van der Waals surface area contributed by atoms with Gasteiger partial charge in [0.25, 0.3) is 0 Å². The molecule has 0 aromatic carbocycles. The lowest BCUT2D eigenvalue weighted by atomic mass is 9.80. The van der Waals surface area contributed by atoms with Gasteiger partial charge in [-0.25, -0.2) is 0 Å². The molecular formula is C15H22N4. The van der Waals surface area contributed by atoms with E-state index < -0.39 is 0 Å². The monoisotopic (exact) mass is 258 g/mol. The third-order valence-electron chi connectivity index (χ3n) is 4.26. The number of nitriles is 1. The maximum absolute atomic E-state index is 9.37. The summed E-state index contributed by atoms with van der Waals surface area (Å²) in [6.45, 7) is 12.6. The number of rotatable bonds is 1. The van der Waals surface area contributed by atoms with Crippen molar-refractivity contribution in [3.63, 3.8) is 0 Å². The van der Waals surface area contributed by atoms with Crippen molar-refractivity contribution >= 4 is 5.82 Å². The summed E-state index contributed by atoms with van der Waals surface area (Å²) in [6.07, 6.45) is 1.16. The second kappa shape index (κ2) is 4.80. The van der Waals surface area contributed by atoms with E-state index in [0.29, 0.717) is 16.9 Å². The molecule has 1 unspecified atom stereocenters. The molecule has 1 fully saturated rings. The second-order valence-electron chi connectivity index (χ2n) is 6.52. The van der Waals surface area contributed by atoms with Crippen LogP contribution in [0.25, 0.3) is 0 Å². The molecule has 4 nitrogen and oxygen atoms in total. The van der Waals surface area contributed by atoms with Gasteiger partial charge >= 0.3 is 0 Å². The summed E-state index contributed by atoms with van der Waals surface area (Å²) in [4.78, 5) is 2.22. The Morgan fingerprint density at radius 1 is 1.26 bits per heavy atom. The van der Waals surface area contributed by atoms with Crippen molar-refractivity contribution in [2.24, 2.45) is 11.3 Å². The van der Waals surface area contributed by atoms with Gasteiger partial charge in [0.1, 0.15) is 11.6 Å². The Kier molecular flexibility index (Phi) is 3.49. The number of anilines is 1. The van der Waals surface area contributed by atoms with Crippen molar-refractivity contribution in [2.75, 3.05) is 18.0 Å². The Morgan fingerprint density at radius 3 is 2.47 bits per heavy atom. The highest BCUT2D eigenvalue weighted by Gasteiger charge is 2.33. The largest absolute Gasteiger partial charge is 0.354 e. The molecule has 4 heteroatoms. The van der Waals surface area contributed by atoms with Gasteiger partial charge in [0, 0.05) is 13.1 Å². The molecule has 1 aromatic rings. The van der Waals surface area contributed by atoms with Crippen LogP contribution in [-0.4, -0.2) is 23.3 Å². The van der Waals surface area contributed by atoms with Crippen LogP contribution in [0.2, 0.25) is 0 Å². The highest BCUT2D eigenvalue weighted by Crippen LogP contribution is 2.36. The molecule has 0 amide bonds. The number of aromatic nitrogens is 2. The standard InChI is InChI=1S/C15H22N4/c1-10-11(2)17-18-14(13(10)8-16)19-7-6-12(9-19)15(3,4)5/h12H,6-7,9H2,1-5H3. The minimum Gasteiger partial charge on any atom is -0.354 e. The zero-order valence-corrected chi connectivity index (χ0v) is 12.5. The topological polar surface area (TPSA) is 52.8 Å². The Balaban J connectivity index is 2.31. The SMILES string of the molecule is Cc1nnc(N2CCC(C(C)(C)C)C2)c(C#N)c1C. The first-order valence-corrected chi connectivity index (χ1v) is 6.83. The molecule has 0 saturated carbocycles. The predicted octanol–water partition coefficient (Wildman–Crippen LogP) is 2.84. The molecule has 102 valence electrons. The first-order valence-electron chi connectivity index (χ1n) is 6.83. The van der Waals surface area contributed by atoms with Gasteiger partial charge in [-0.3, -0.25) is 0 Å². The first-order chi connectivity index (χ1) is 8.84. The van der Waals surface area contributed by atoms with Crippen LogP contribution in [0.3, 0.4) is 0 Å². The fraction of sp³-hybridized carbons (Fsp3) is 0.667. The summed E-state index contributed by atoms with van der Waals surface area (Å²) in [5.41, 5.74) is 2.77. The van der Waals surface area contributed by atoms with Crippen LogP contribution in [0, 0.1) is 36.5 Å². The molecule has 2 heterocycles. The quantitative estimate of drug-likeness (QED) is 0.777. The molecule has 0 aliphatic carbocycles. The van der Waals surface area contributed by atoms with Crippen LogP contribution < -0.4 is 4.90 Å². The zero-order chi connectivity index (χ0) is 14.2. The summed E-state index contributed by atoms with van der Waals surface area (Å²) >= 11 is 0. The minimum absolute atomic E-state index is 0.300. The van der Waals surface area contributed by atoms with Crippen molar-refractivity contribution < 1.29 is 0 Å². The molecule has 1 saturated heterocycles. The van der Waals surface area contributed by atoms with Gasteiger partial charge in [-0.05, 0) is 37.2 Å². The Hall–Kier alpha value is -1.63. The molecule has 0 radical (unpaired) electrons. The molecule has 1 aromatic heterocycles. The van der Waals surface area contributed by atoms with Gasteiger partial charge in [0.05, 0.1) is 5.69 Å². The number of nitrogens with zero attached hydrogens (tertiary/aromatic N) is 4. The van der Waals surface area contributed by atoms with Crippen LogP contribution in [-0.2, 0) is 0 Å². The molecule has 0 bridgehead atoms. The third-order valence-corrected chi connectivity index (χ3v) is 4.26. The Bertz CT molecular complexity index is 522. The minimum atomic E-state index is 0.300. The van der Waals surface area contributed by atoms with E-state index in [0.717, 1.165) is 36.6 Å². The molecule has 1 atom stereocenters. The van der Waals surface area contributed by atoms with E-state index in [4.69, 9.17) is 0 Å². The van der Waals surface area contributed by atoms with E-state index in [1.807, 2.05) is 13.8 Å². The average molecular weight is 258 g/mol. The molecule has 1 aliphatic rings. The fourth-order valence-corrected chi connectivity index (χ4v) is 2.61. The maximum Gasteiger partial charge on any atom is 0.169 e. The lowest BCUT2D eigenvalue weighted by molar-refractivity contribution is 0.263. The van der Waals surface area contributed by atoms with Gasteiger partial charge < -0.3 is 4.90 Å². The van der Waals surface area contributed by atoms with Crippen molar-refractivity contribution in [1.29, 1.82) is 5.26 Å². The summed E-state index contributed by atoms with van der Waals surface area (Å²) in [5, 5.41) is 17.8. The number of aryl methyl sites for hydroxylation is 1. The van der Waals surface area contributed by atoms with Crippen molar-refractivity contribution in [3.8, 4) is 6.07 Å². The smallest absolute Gasteiger partial charge is 0.169 e. The molecule has 0 spiro atoms. The highest BCUT2D eigenvalue weighted by molar-refractivity contribution is 5.58. The second-order valence-corrected chi connectivity index (χ2v) is 6.52. The summed E-state index contributed by atoms with van der Waals surface area (Å²) in [7, 11) is 0. The molecule has 2 rings (SSSR count). The van der Waals surface area contributed by atoms with Crippen LogP contribution in [0.1, 0.15) is 44.0 Å². The Labute approximate surface area is 115 Å². The average Bonchev–Trinajstić information content (AvgIpc) is 2.81. The number of hydrogen-bond acceptors (Lipinski definition) is 4. The van der Waals surface area contributed by atoms with Gasteiger partial charge in [0.15, 0.2) is 5.82 Å². The van der Waals surface area contributed by atoms with E-state index in [2.05, 4.69) is 41.9 Å². The zero-order valence-electron chi connectivity index (χ0n) is 12.5. The van der Waals surface area contributed by atoms with E-state index in [9.17, 15) is 5.26 Å². The third kappa shape index (κ3) is 2.56. The van der Waals surface area contributed by atoms with E-state index in [1.165, 1.54) is 0 Å². The molecule has 0 N–H and O–H groups in total. The van der Waals surface area contributed by atoms with Crippen molar-refractivity contribution in [2.45, 2.75) is 41.0 Å². The summed E-state index contributed by atoms with van der Waals surface area (Å²) in [6, 6.07) is 2.29. The van der Waals surface area contributed by atoms with Gasteiger partial charge in [-0.15, -0.1) is 5.10 Å². The maximum atomic E-state index is 9.37. The number of hydrogen-bond donors (Lipinski definition) is 0. The van der Waals surface area contributed by atoms with E-state index in [1.54, 1.807) is 0 Å². The summed E-state index contributed by atoms with van der Waals surface area (Å²) in [5.74, 6) is 1.40. The molecule has 1 aliphatic heterocycles. The fourth-order valence-electron chi connectivity index (χ4n) is 2.61. The van der Waals surface area contributed by atoms with Crippen LogP contribution in [0.15, 0.2) is 0 Å². The van der Waals surface area contributed by atoms with Gasteiger partial charge in [0.2, 0.25) is 0 Å². The Morgan fingerprint density at radius 2 is 1.95 bits per heavy atom. The highest BCUT2D eigenvalue weighted by atomic mass is 15.3. The summed E-state index contributed by atoms with van der Waals surface area (Å²) < 4.78 is 0. The first kappa shape index (κ1) is 13.8. The predicted molar refractivity (Wildman–Crippen MR) is 76.0 cm³/mol. The van der Waals surface area contributed by atoms with Crippen LogP contribution in [0.5, 0.6) is 0 Å². The lowest BCUT2D eigenvalue weighted by Gasteiger charge is -2.27. The van der Waals surface area contributed by atoms with Gasteiger partial charge in [-0.1, -0.05) is 20.8 Å².